The van der Waals surface area contributed by atoms with Gasteiger partial charge in [0.1, 0.15) is 5.76 Å². The molecule has 0 N–H and O–H groups in total. The molecule has 1 aliphatic rings. The second kappa shape index (κ2) is 6.75. The standard InChI is InChI=1S/C19H24O2/c1-5-15-6-8-16(9-7-15)19-12-17(21-14(4)20)10-11-18(19)13(2)3/h6-10,18-19H,2,5,11-12H2,1,3-4H3/t18-,19-/m0/s1. The fourth-order valence-corrected chi connectivity index (χ4v) is 3.03. The fraction of sp³-hybridized carbons (Fsp3) is 0.421. The van der Waals surface area contributed by atoms with E-state index in [0.717, 1.165) is 25.0 Å². The molecule has 2 atom stereocenters. The molecule has 0 saturated heterocycles. The number of aryl methyl sites for hydroxylation is 1. The van der Waals surface area contributed by atoms with Gasteiger partial charge in [0.15, 0.2) is 0 Å². The van der Waals surface area contributed by atoms with E-state index < -0.39 is 0 Å². The number of carbonyl (C=O) groups excluding carboxylic acids is 1. The molecule has 2 heteroatoms. The molecule has 2 rings (SSSR count). The van der Waals surface area contributed by atoms with Crippen LogP contribution in [-0.2, 0) is 16.0 Å². The van der Waals surface area contributed by atoms with Crippen LogP contribution in [0.4, 0.5) is 0 Å². The molecule has 0 radical (unpaired) electrons. The number of benzene rings is 1. The first-order chi connectivity index (χ1) is 10.0. The predicted molar refractivity (Wildman–Crippen MR) is 85.9 cm³/mol. The largest absolute Gasteiger partial charge is 0.432 e. The molecule has 1 aliphatic carbocycles. The molecule has 0 aliphatic heterocycles. The van der Waals surface area contributed by atoms with Crippen molar-refractivity contribution in [3.8, 4) is 0 Å². The van der Waals surface area contributed by atoms with E-state index in [1.165, 1.54) is 23.6 Å². The minimum Gasteiger partial charge on any atom is -0.432 e. The summed E-state index contributed by atoms with van der Waals surface area (Å²) in [6, 6.07) is 8.79. The smallest absolute Gasteiger partial charge is 0.307 e. The summed E-state index contributed by atoms with van der Waals surface area (Å²) in [5, 5.41) is 0. The maximum absolute atomic E-state index is 11.2. The molecular formula is C19H24O2. The third-order valence-corrected chi connectivity index (χ3v) is 4.23. The van der Waals surface area contributed by atoms with Crippen molar-refractivity contribution in [3.63, 3.8) is 0 Å². The van der Waals surface area contributed by atoms with E-state index in [0.29, 0.717) is 11.8 Å². The van der Waals surface area contributed by atoms with Gasteiger partial charge in [0, 0.05) is 13.3 Å². The van der Waals surface area contributed by atoms with Gasteiger partial charge in [0.05, 0.1) is 0 Å². The lowest BCUT2D eigenvalue weighted by molar-refractivity contribution is -0.137. The maximum atomic E-state index is 11.2. The minimum absolute atomic E-state index is 0.241. The summed E-state index contributed by atoms with van der Waals surface area (Å²) in [6.45, 7) is 9.84. The van der Waals surface area contributed by atoms with Gasteiger partial charge in [-0.1, -0.05) is 43.3 Å². The van der Waals surface area contributed by atoms with Crippen molar-refractivity contribution in [2.45, 2.75) is 46.0 Å². The number of allylic oxidation sites excluding steroid dienone is 3. The summed E-state index contributed by atoms with van der Waals surface area (Å²) < 4.78 is 5.31. The lowest BCUT2D eigenvalue weighted by Crippen LogP contribution is -2.20. The molecule has 0 amide bonds. The average Bonchev–Trinajstić information content (AvgIpc) is 2.46. The Kier molecular flexibility index (Phi) is 5.00. The minimum atomic E-state index is -0.241. The highest BCUT2D eigenvalue weighted by atomic mass is 16.5. The second-order valence-corrected chi connectivity index (χ2v) is 5.86. The van der Waals surface area contributed by atoms with Gasteiger partial charge in [-0.15, -0.1) is 0 Å². The van der Waals surface area contributed by atoms with Crippen LogP contribution >= 0.6 is 0 Å². The Morgan fingerprint density at radius 3 is 2.48 bits per heavy atom. The van der Waals surface area contributed by atoms with Gasteiger partial charge in [-0.3, -0.25) is 4.79 Å². The first-order valence-corrected chi connectivity index (χ1v) is 7.63. The predicted octanol–water partition coefficient (Wildman–Crippen LogP) is 4.77. The van der Waals surface area contributed by atoms with Crippen LogP contribution in [0.25, 0.3) is 0 Å². The van der Waals surface area contributed by atoms with E-state index in [-0.39, 0.29) is 5.97 Å². The zero-order chi connectivity index (χ0) is 15.4. The molecule has 0 spiro atoms. The van der Waals surface area contributed by atoms with Crippen LogP contribution in [-0.4, -0.2) is 5.97 Å². The Balaban J connectivity index is 2.25. The van der Waals surface area contributed by atoms with Gasteiger partial charge in [0.25, 0.3) is 0 Å². The number of esters is 1. The highest BCUT2D eigenvalue weighted by Gasteiger charge is 2.29. The average molecular weight is 284 g/mol. The zero-order valence-corrected chi connectivity index (χ0v) is 13.2. The van der Waals surface area contributed by atoms with Crippen molar-refractivity contribution < 1.29 is 9.53 Å². The van der Waals surface area contributed by atoms with E-state index >= 15 is 0 Å². The van der Waals surface area contributed by atoms with Gasteiger partial charge in [-0.05, 0) is 48.8 Å². The van der Waals surface area contributed by atoms with E-state index in [1.807, 2.05) is 6.08 Å². The molecule has 0 saturated carbocycles. The summed E-state index contributed by atoms with van der Waals surface area (Å²) in [6.07, 6.45) is 4.74. The van der Waals surface area contributed by atoms with Gasteiger partial charge >= 0.3 is 5.97 Å². The number of hydrogen-bond donors (Lipinski definition) is 0. The van der Waals surface area contributed by atoms with Crippen LogP contribution in [0.2, 0.25) is 0 Å². The number of carbonyl (C=O) groups is 1. The highest BCUT2D eigenvalue weighted by molar-refractivity contribution is 5.67. The van der Waals surface area contributed by atoms with E-state index in [4.69, 9.17) is 4.74 Å². The molecule has 0 unspecified atom stereocenters. The van der Waals surface area contributed by atoms with Crippen molar-refractivity contribution in [2.24, 2.45) is 5.92 Å². The number of rotatable bonds is 4. The molecular weight excluding hydrogens is 260 g/mol. The Bertz CT molecular complexity index is 551. The molecule has 0 fully saturated rings. The summed E-state index contributed by atoms with van der Waals surface area (Å²) in [4.78, 5) is 11.2. The van der Waals surface area contributed by atoms with Crippen molar-refractivity contribution >= 4 is 5.97 Å². The van der Waals surface area contributed by atoms with E-state index in [9.17, 15) is 4.79 Å². The lowest BCUT2D eigenvalue weighted by atomic mass is 9.74. The van der Waals surface area contributed by atoms with Gasteiger partial charge in [-0.25, -0.2) is 0 Å². The first kappa shape index (κ1) is 15.6. The van der Waals surface area contributed by atoms with Crippen molar-refractivity contribution in [1.29, 1.82) is 0 Å². The summed E-state index contributed by atoms with van der Waals surface area (Å²) in [5.74, 6) is 1.31. The summed E-state index contributed by atoms with van der Waals surface area (Å²) in [5.41, 5.74) is 3.84. The Hall–Kier alpha value is -1.83. The van der Waals surface area contributed by atoms with Gasteiger partial charge in [-0.2, -0.15) is 0 Å². The normalized spacial score (nSPS) is 21.6. The number of ether oxygens (including phenoxy) is 1. The van der Waals surface area contributed by atoms with E-state index in [2.05, 4.69) is 44.7 Å². The molecule has 1 aromatic carbocycles. The Morgan fingerprint density at radius 2 is 1.95 bits per heavy atom. The third-order valence-electron chi connectivity index (χ3n) is 4.23. The molecule has 21 heavy (non-hydrogen) atoms. The van der Waals surface area contributed by atoms with Crippen LogP contribution < -0.4 is 0 Å². The van der Waals surface area contributed by atoms with Crippen molar-refractivity contribution in [3.05, 3.63) is 59.4 Å². The third kappa shape index (κ3) is 3.84. The molecule has 0 heterocycles. The van der Waals surface area contributed by atoms with Gasteiger partial charge in [0.2, 0.25) is 0 Å². The summed E-state index contributed by atoms with van der Waals surface area (Å²) in [7, 11) is 0. The van der Waals surface area contributed by atoms with Crippen molar-refractivity contribution in [1.82, 2.24) is 0 Å². The van der Waals surface area contributed by atoms with Crippen molar-refractivity contribution in [2.75, 3.05) is 0 Å². The van der Waals surface area contributed by atoms with Crippen LogP contribution in [0.5, 0.6) is 0 Å². The Morgan fingerprint density at radius 1 is 1.29 bits per heavy atom. The lowest BCUT2D eigenvalue weighted by Gasteiger charge is -2.31. The second-order valence-electron chi connectivity index (χ2n) is 5.86. The fourth-order valence-electron chi connectivity index (χ4n) is 3.03. The SMILES string of the molecule is C=C(C)[C@@H]1CC=C(OC(C)=O)C[C@H]1c1ccc(CC)cc1. The summed E-state index contributed by atoms with van der Waals surface area (Å²) >= 11 is 0. The molecule has 0 bridgehead atoms. The van der Waals surface area contributed by atoms with Crippen LogP contribution in [0, 0.1) is 5.92 Å². The van der Waals surface area contributed by atoms with Gasteiger partial charge < -0.3 is 4.74 Å². The Labute approximate surface area is 127 Å². The number of hydrogen-bond acceptors (Lipinski definition) is 2. The topological polar surface area (TPSA) is 26.3 Å². The quantitative estimate of drug-likeness (QED) is 0.588. The first-order valence-electron chi connectivity index (χ1n) is 7.63. The molecule has 2 nitrogen and oxygen atoms in total. The van der Waals surface area contributed by atoms with E-state index in [1.54, 1.807) is 0 Å². The van der Waals surface area contributed by atoms with Crippen LogP contribution in [0.1, 0.15) is 50.7 Å². The van der Waals surface area contributed by atoms with Crippen LogP contribution in [0.3, 0.4) is 0 Å². The maximum Gasteiger partial charge on any atom is 0.307 e. The molecule has 0 aromatic heterocycles. The zero-order valence-electron chi connectivity index (χ0n) is 13.2. The monoisotopic (exact) mass is 284 g/mol. The van der Waals surface area contributed by atoms with Crippen LogP contribution in [0.15, 0.2) is 48.3 Å². The molecule has 112 valence electrons. The molecule has 1 aromatic rings. The highest BCUT2D eigenvalue weighted by Crippen LogP contribution is 2.41.